The van der Waals surface area contributed by atoms with Gasteiger partial charge in [0.25, 0.3) is 0 Å². The number of nitrogens with zero attached hydrogens (tertiary/aromatic N) is 3. The molecule has 0 atom stereocenters. The molecule has 1 aromatic heterocycles. The van der Waals surface area contributed by atoms with E-state index >= 15 is 0 Å². The number of hydrogen-bond donors (Lipinski definition) is 0. The Morgan fingerprint density at radius 3 is 2.00 bits per heavy atom. The van der Waals surface area contributed by atoms with Crippen molar-refractivity contribution in [1.82, 2.24) is 9.97 Å². The quantitative estimate of drug-likeness (QED) is 0.357. The van der Waals surface area contributed by atoms with E-state index in [0.29, 0.717) is 6.42 Å². The number of carboxylic acids is 1. The van der Waals surface area contributed by atoms with Gasteiger partial charge in [-0.2, -0.15) is 0 Å². The van der Waals surface area contributed by atoms with Gasteiger partial charge in [0.2, 0.25) is 0 Å². The first-order chi connectivity index (χ1) is 16.0. The summed E-state index contributed by atoms with van der Waals surface area (Å²) in [6.07, 6.45) is 5.81. The number of aliphatic carboxylic acids is 1. The Morgan fingerprint density at radius 2 is 1.41 bits per heavy atom. The number of aromatic nitrogens is 2. The third-order valence-electron chi connectivity index (χ3n) is 6.30. The number of carboxylic acid groups (broad SMARTS) is 1. The Hall–Kier alpha value is -2.21. The number of fused-ring (bicyclic) bond motifs is 1. The molecule has 0 radical (unpaired) electrons. The van der Waals surface area contributed by atoms with Gasteiger partial charge in [0.15, 0.2) is 5.82 Å². The van der Waals surface area contributed by atoms with Crippen molar-refractivity contribution in [3.63, 3.8) is 0 Å². The van der Waals surface area contributed by atoms with E-state index in [0.717, 1.165) is 79.2 Å². The Balaban J connectivity index is 0.00000324. The van der Waals surface area contributed by atoms with Crippen LogP contribution >= 0.6 is 0 Å². The standard InChI is InChI=1S/C28H33N3O2.Na/c1-20-10-14-22(15-11-20)26-27(23-16-12-21(2)13-17-23)30-28-24(29-26)8-7-19-31(28)18-6-4-3-5-9-25(32)33;/h10-17H,3-9,18-19H2,1-2H3,(H,32,33);/q;+1/p-1. The second kappa shape index (κ2) is 12.5. The summed E-state index contributed by atoms with van der Waals surface area (Å²) in [6, 6.07) is 17.0. The summed E-state index contributed by atoms with van der Waals surface area (Å²) in [6.45, 7) is 6.10. The SMILES string of the molecule is Cc1ccc(-c2nc3c(nc2-c2ccc(C)cc2)N(CCCCCCC(=O)[O-])CCC3)cc1.[Na+]. The first kappa shape index (κ1) is 26.4. The smallest absolute Gasteiger partial charge is 0.550 e. The van der Waals surface area contributed by atoms with Crippen molar-refractivity contribution in [3.8, 4) is 22.5 Å². The number of hydrogen-bond acceptors (Lipinski definition) is 5. The molecule has 0 aliphatic carbocycles. The maximum Gasteiger partial charge on any atom is 1.00 e. The van der Waals surface area contributed by atoms with Crippen LogP contribution in [0.5, 0.6) is 0 Å². The van der Waals surface area contributed by atoms with Gasteiger partial charge in [0.05, 0.1) is 17.1 Å². The summed E-state index contributed by atoms with van der Waals surface area (Å²) < 4.78 is 0. The predicted molar refractivity (Wildman–Crippen MR) is 131 cm³/mol. The number of carbonyl (C=O) groups is 1. The average molecular weight is 466 g/mol. The van der Waals surface area contributed by atoms with Crippen molar-refractivity contribution in [3.05, 3.63) is 65.4 Å². The van der Waals surface area contributed by atoms with Crippen LogP contribution in [-0.2, 0) is 11.2 Å². The topological polar surface area (TPSA) is 69.2 Å². The molecule has 5 nitrogen and oxygen atoms in total. The molecule has 0 unspecified atom stereocenters. The normalized spacial score (nSPS) is 12.7. The second-order valence-corrected chi connectivity index (χ2v) is 9.05. The largest absolute Gasteiger partial charge is 1.00 e. The number of benzene rings is 2. The molecular weight excluding hydrogens is 433 g/mol. The third-order valence-corrected chi connectivity index (χ3v) is 6.30. The second-order valence-electron chi connectivity index (χ2n) is 9.05. The Kier molecular flexibility index (Phi) is 9.69. The zero-order chi connectivity index (χ0) is 23.2. The zero-order valence-corrected chi connectivity index (χ0v) is 22.6. The summed E-state index contributed by atoms with van der Waals surface area (Å²) in [5.74, 6) is 0.0469. The van der Waals surface area contributed by atoms with E-state index in [1.54, 1.807) is 0 Å². The maximum absolute atomic E-state index is 10.6. The van der Waals surface area contributed by atoms with E-state index < -0.39 is 5.97 Å². The van der Waals surface area contributed by atoms with Gasteiger partial charge in [-0.15, -0.1) is 0 Å². The van der Waals surface area contributed by atoms with Gasteiger partial charge in [0.1, 0.15) is 0 Å². The van der Waals surface area contributed by atoms with E-state index in [-0.39, 0.29) is 36.0 Å². The molecule has 3 aromatic rings. The van der Waals surface area contributed by atoms with Crippen molar-refractivity contribution in [2.45, 2.75) is 58.8 Å². The van der Waals surface area contributed by atoms with Gasteiger partial charge >= 0.3 is 29.6 Å². The molecule has 4 rings (SSSR count). The van der Waals surface area contributed by atoms with Crippen molar-refractivity contribution < 1.29 is 39.5 Å². The van der Waals surface area contributed by atoms with Crippen LogP contribution in [0.4, 0.5) is 5.82 Å². The van der Waals surface area contributed by atoms with E-state index in [4.69, 9.17) is 9.97 Å². The number of carbonyl (C=O) groups excluding carboxylic acids is 1. The minimum absolute atomic E-state index is 0. The molecule has 34 heavy (non-hydrogen) atoms. The molecule has 0 bridgehead atoms. The fourth-order valence-corrected chi connectivity index (χ4v) is 4.39. The van der Waals surface area contributed by atoms with Crippen molar-refractivity contribution >= 4 is 11.8 Å². The minimum atomic E-state index is -0.955. The van der Waals surface area contributed by atoms with Crippen molar-refractivity contribution in [2.24, 2.45) is 0 Å². The summed E-state index contributed by atoms with van der Waals surface area (Å²) >= 11 is 0. The molecule has 0 saturated carbocycles. The zero-order valence-electron chi connectivity index (χ0n) is 20.6. The molecular formula is C28H32N3NaO2. The molecule has 6 heteroatoms. The number of anilines is 1. The van der Waals surface area contributed by atoms with Crippen LogP contribution in [0.25, 0.3) is 22.5 Å². The summed E-state index contributed by atoms with van der Waals surface area (Å²) in [5, 5.41) is 10.6. The molecule has 2 aromatic carbocycles. The van der Waals surface area contributed by atoms with Crippen LogP contribution in [-0.4, -0.2) is 29.0 Å². The first-order valence-electron chi connectivity index (χ1n) is 12.0. The minimum Gasteiger partial charge on any atom is -0.550 e. The molecule has 0 N–H and O–H groups in total. The Bertz CT molecular complexity index is 1100. The van der Waals surface area contributed by atoms with Gasteiger partial charge in [-0.25, -0.2) is 9.97 Å². The van der Waals surface area contributed by atoms with Crippen LogP contribution in [0, 0.1) is 13.8 Å². The van der Waals surface area contributed by atoms with E-state index in [1.807, 2.05) is 0 Å². The van der Waals surface area contributed by atoms with Crippen LogP contribution in [0.2, 0.25) is 0 Å². The van der Waals surface area contributed by atoms with Gasteiger partial charge < -0.3 is 14.8 Å². The number of unbranched alkanes of at least 4 members (excludes halogenated alkanes) is 3. The summed E-state index contributed by atoms with van der Waals surface area (Å²) in [5.41, 5.74) is 7.58. The Morgan fingerprint density at radius 1 is 0.853 bits per heavy atom. The van der Waals surface area contributed by atoms with Crippen molar-refractivity contribution in [2.75, 3.05) is 18.0 Å². The first-order valence-corrected chi connectivity index (χ1v) is 12.0. The van der Waals surface area contributed by atoms with Crippen molar-refractivity contribution in [1.29, 1.82) is 0 Å². The summed E-state index contributed by atoms with van der Waals surface area (Å²) in [7, 11) is 0. The molecule has 0 spiro atoms. The van der Waals surface area contributed by atoms with E-state index in [9.17, 15) is 9.90 Å². The van der Waals surface area contributed by atoms with Gasteiger partial charge in [-0.05, 0) is 46.0 Å². The third kappa shape index (κ3) is 6.68. The predicted octanol–water partition coefficient (Wildman–Crippen LogP) is 1.88. The van der Waals surface area contributed by atoms with E-state index in [2.05, 4.69) is 67.3 Å². The molecule has 0 fully saturated rings. The molecule has 2 heterocycles. The number of rotatable bonds is 9. The molecule has 172 valence electrons. The monoisotopic (exact) mass is 465 g/mol. The number of aryl methyl sites for hydroxylation is 3. The van der Waals surface area contributed by atoms with Crippen LogP contribution < -0.4 is 39.6 Å². The average Bonchev–Trinajstić information content (AvgIpc) is 2.81. The van der Waals surface area contributed by atoms with Crippen LogP contribution in [0.15, 0.2) is 48.5 Å². The van der Waals surface area contributed by atoms with E-state index in [1.165, 1.54) is 11.1 Å². The van der Waals surface area contributed by atoms with Gasteiger partial charge in [-0.3, -0.25) is 0 Å². The summed E-state index contributed by atoms with van der Waals surface area (Å²) in [4.78, 5) is 23.3. The van der Waals surface area contributed by atoms with Crippen LogP contribution in [0.1, 0.15) is 55.3 Å². The van der Waals surface area contributed by atoms with Crippen LogP contribution in [0.3, 0.4) is 0 Å². The maximum atomic E-state index is 10.6. The fraction of sp³-hybridized carbons (Fsp3) is 0.393. The molecule has 0 amide bonds. The van der Waals surface area contributed by atoms with Gasteiger partial charge in [0, 0.05) is 30.2 Å². The molecule has 1 aliphatic rings. The van der Waals surface area contributed by atoms with Gasteiger partial charge in [-0.1, -0.05) is 72.5 Å². The fourth-order valence-electron chi connectivity index (χ4n) is 4.39. The molecule has 1 aliphatic heterocycles. The Labute approximate surface area is 224 Å². The molecule has 0 saturated heterocycles.